The lowest BCUT2D eigenvalue weighted by atomic mass is 9.68. The number of nitrogens with one attached hydrogen (secondary N) is 1. The number of nitrogens with zero attached hydrogens (tertiary/aromatic N) is 5. The third kappa shape index (κ3) is 3.53. The number of fused-ring (bicyclic) bond motifs is 1. The molecule has 138 valence electrons. The second-order valence-corrected chi connectivity index (χ2v) is 8.01. The van der Waals surface area contributed by atoms with Crippen LogP contribution in [0.15, 0.2) is 4.99 Å². The summed E-state index contributed by atoms with van der Waals surface area (Å²) in [6.07, 6.45) is 11.4. The van der Waals surface area contributed by atoms with Gasteiger partial charge in [-0.1, -0.05) is 12.8 Å². The van der Waals surface area contributed by atoms with Gasteiger partial charge in [0.25, 0.3) is 0 Å². The Balaban J connectivity index is 1.38. The first-order valence-corrected chi connectivity index (χ1v) is 10.2. The fraction of sp³-hybridized carbons (Fsp3) is 0.842. The van der Waals surface area contributed by atoms with Gasteiger partial charge in [0.2, 0.25) is 0 Å². The van der Waals surface area contributed by atoms with Crippen LogP contribution < -0.4 is 5.32 Å². The first-order chi connectivity index (χ1) is 12.3. The quantitative estimate of drug-likeness (QED) is 0.673. The van der Waals surface area contributed by atoms with E-state index in [1.807, 2.05) is 0 Å². The molecule has 4 rings (SSSR count). The zero-order chi connectivity index (χ0) is 17.1. The van der Waals surface area contributed by atoms with Crippen molar-refractivity contribution >= 4 is 5.96 Å². The van der Waals surface area contributed by atoms with Gasteiger partial charge >= 0.3 is 0 Å². The van der Waals surface area contributed by atoms with Crippen molar-refractivity contribution in [2.24, 2.45) is 10.4 Å². The average Bonchev–Trinajstić information content (AvgIpc) is 3.13. The molecule has 0 bridgehead atoms. The van der Waals surface area contributed by atoms with Crippen molar-refractivity contribution < 1.29 is 0 Å². The highest BCUT2D eigenvalue weighted by atomic mass is 15.3. The van der Waals surface area contributed by atoms with E-state index in [9.17, 15) is 0 Å². The molecule has 0 aromatic carbocycles. The van der Waals surface area contributed by atoms with Crippen LogP contribution in [-0.2, 0) is 19.4 Å². The summed E-state index contributed by atoms with van der Waals surface area (Å²) in [5.41, 5.74) is 0.612. The summed E-state index contributed by atoms with van der Waals surface area (Å²) in [5.74, 6) is 3.39. The first-order valence-electron chi connectivity index (χ1n) is 10.2. The van der Waals surface area contributed by atoms with Crippen LogP contribution in [0.25, 0.3) is 0 Å². The van der Waals surface area contributed by atoms with Gasteiger partial charge in [0, 0.05) is 45.6 Å². The number of guanidine groups is 1. The van der Waals surface area contributed by atoms with Crippen LogP contribution in [0.5, 0.6) is 0 Å². The van der Waals surface area contributed by atoms with Crippen LogP contribution in [0, 0.1) is 5.41 Å². The molecule has 0 amide bonds. The van der Waals surface area contributed by atoms with E-state index in [-0.39, 0.29) is 0 Å². The van der Waals surface area contributed by atoms with Crippen molar-refractivity contribution in [1.82, 2.24) is 25.0 Å². The van der Waals surface area contributed by atoms with Crippen LogP contribution in [0.3, 0.4) is 0 Å². The zero-order valence-corrected chi connectivity index (χ0v) is 15.6. The van der Waals surface area contributed by atoms with Crippen molar-refractivity contribution in [1.29, 1.82) is 0 Å². The van der Waals surface area contributed by atoms with Gasteiger partial charge in [0.15, 0.2) is 5.96 Å². The maximum atomic E-state index is 4.92. The van der Waals surface area contributed by atoms with Gasteiger partial charge in [0.05, 0.1) is 0 Å². The number of likely N-dealkylation sites (tertiary alicyclic amines) is 1. The molecular formula is C19H32N6. The van der Waals surface area contributed by atoms with E-state index in [1.54, 1.807) is 0 Å². The topological polar surface area (TPSA) is 58.3 Å². The van der Waals surface area contributed by atoms with Crippen molar-refractivity contribution in [2.75, 3.05) is 26.2 Å². The Bertz CT molecular complexity index is 615. The van der Waals surface area contributed by atoms with Gasteiger partial charge < -0.3 is 14.8 Å². The van der Waals surface area contributed by atoms with Gasteiger partial charge in [-0.15, -0.1) is 10.2 Å². The van der Waals surface area contributed by atoms with E-state index in [0.717, 1.165) is 50.8 Å². The van der Waals surface area contributed by atoms with Crippen LogP contribution in [0.1, 0.15) is 63.5 Å². The Morgan fingerprint density at radius 2 is 2.04 bits per heavy atom. The molecule has 0 unspecified atom stereocenters. The van der Waals surface area contributed by atoms with Crippen LogP contribution in [0.2, 0.25) is 0 Å². The Kier molecular flexibility index (Phi) is 4.95. The van der Waals surface area contributed by atoms with Gasteiger partial charge in [-0.3, -0.25) is 4.99 Å². The van der Waals surface area contributed by atoms with E-state index in [1.165, 1.54) is 57.3 Å². The summed E-state index contributed by atoms with van der Waals surface area (Å²) in [6.45, 7) is 7.32. The number of rotatable bonds is 4. The Morgan fingerprint density at radius 1 is 1.12 bits per heavy atom. The third-order valence-corrected chi connectivity index (χ3v) is 6.27. The summed E-state index contributed by atoms with van der Waals surface area (Å²) in [4.78, 5) is 7.40. The molecule has 3 heterocycles. The van der Waals surface area contributed by atoms with Crippen molar-refractivity contribution in [2.45, 2.75) is 71.3 Å². The summed E-state index contributed by atoms with van der Waals surface area (Å²) >= 11 is 0. The van der Waals surface area contributed by atoms with E-state index in [4.69, 9.17) is 4.99 Å². The predicted molar refractivity (Wildman–Crippen MR) is 99.7 cm³/mol. The minimum absolute atomic E-state index is 0.612. The maximum absolute atomic E-state index is 4.92. The average molecular weight is 345 g/mol. The van der Waals surface area contributed by atoms with E-state index < -0.39 is 0 Å². The zero-order valence-electron chi connectivity index (χ0n) is 15.6. The minimum atomic E-state index is 0.612. The summed E-state index contributed by atoms with van der Waals surface area (Å²) in [5, 5.41) is 12.3. The van der Waals surface area contributed by atoms with E-state index in [0.29, 0.717) is 5.41 Å². The standard InChI is InChI=1S/C19H32N6/c1-2-20-18(24-14-11-19(15-24)9-6-10-19)21-12-8-17-23-22-16-7-4-3-5-13-25(16)17/h2-15H2,1H3,(H,20,21). The number of aromatic nitrogens is 3. The normalized spacial score (nSPS) is 22.6. The number of aryl methyl sites for hydroxylation is 1. The lowest BCUT2D eigenvalue weighted by Crippen LogP contribution is -2.42. The van der Waals surface area contributed by atoms with Gasteiger partial charge in [-0.25, -0.2) is 0 Å². The predicted octanol–water partition coefficient (Wildman–Crippen LogP) is 2.39. The highest BCUT2D eigenvalue weighted by Gasteiger charge is 2.43. The molecule has 2 aliphatic heterocycles. The molecule has 1 aromatic rings. The molecule has 1 N–H and O–H groups in total. The maximum Gasteiger partial charge on any atom is 0.193 e. The van der Waals surface area contributed by atoms with Crippen LogP contribution in [0.4, 0.5) is 0 Å². The summed E-state index contributed by atoms with van der Waals surface area (Å²) < 4.78 is 2.34. The van der Waals surface area contributed by atoms with Crippen molar-refractivity contribution in [3.63, 3.8) is 0 Å². The first kappa shape index (κ1) is 16.9. The lowest BCUT2D eigenvalue weighted by Gasteiger charge is -2.38. The Labute approximate surface area is 151 Å². The monoisotopic (exact) mass is 344 g/mol. The molecule has 0 atom stereocenters. The molecule has 2 fully saturated rings. The number of hydrogen-bond donors (Lipinski definition) is 1. The second-order valence-electron chi connectivity index (χ2n) is 8.01. The molecule has 25 heavy (non-hydrogen) atoms. The molecule has 1 aromatic heterocycles. The van der Waals surface area contributed by atoms with Crippen molar-refractivity contribution in [3.8, 4) is 0 Å². The lowest BCUT2D eigenvalue weighted by molar-refractivity contribution is 0.151. The molecule has 1 saturated heterocycles. The fourth-order valence-electron chi connectivity index (χ4n) is 4.62. The largest absolute Gasteiger partial charge is 0.357 e. The Morgan fingerprint density at radius 3 is 2.80 bits per heavy atom. The molecule has 6 nitrogen and oxygen atoms in total. The highest BCUT2D eigenvalue weighted by Crippen LogP contribution is 2.47. The third-order valence-electron chi connectivity index (χ3n) is 6.27. The van der Waals surface area contributed by atoms with E-state index in [2.05, 4.69) is 31.9 Å². The van der Waals surface area contributed by atoms with Crippen molar-refractivity contribution in [3.05, 3.63) is 11.6 Å². The van der Waals surface area contributed by atoms with Gasteiger partial charge in [-0.2, -0.15) is 0 Å². The van der Waals surface area contributed by atoms with Crippen LogP contribution >= 0.6 is 0 Å². The number of hydrogen-bond acceptors (Lipinski definition) is 3. The summed E-state index contributed by atoms with van der Waals surface area (Å²) in [6, 6.07) is 0. The molecular weight excluding hydrogens is 312 g/mol. The highest BCUT2D eigenvalue weighted by molar-refractivity contribution is 5.80. The van der Waals surface area contributed by atoms with Gasteiger partial charge in [0.1, 0.15) is 11.6 Å². The smallest absolute Gasteiger partial charge is 0.193 e. The number of aliphatic imine (C=N–C) groups is 1. The SMILES string of the molecule is CCNC(=NCCc1nnc2n1CCCCC2)N1CCC2(CCC2)C1. The molecule has 1 spiro atoms. The minimum Gasteiger partial charge on any atom is -0.357 e. The molecule has 1 aliphatic carbocycles. The van der Waals surface area contributed by atoms with Crippen LogP contribution in [-0.4, -0.2) is 51.8 Å². The molecule has 6 heteroatoms. The molecule has 0 radical (unpaired) electrons. The van der Waals surface area contributed by atoms with E-state index >= 15 is 0 Å². The molecule has 3 aliphatic rings. The Hall–Kier alpha value is -1.59. The molecule has 1 saturated carbocycles. The fourth-order valence-corrected chi connectivity index (χ4v) is 4.62. The summed E-state index contributed by atoms with van der Waals surface area (Å²) in [7, 11) is 0. The van der Waals surface area contributed by atoms with Gasteiger partial charge in [-0.05, 0) is 44.4 Å². The second kappa shape index (κ2) is 7.34.